The quantitative estimate of drug-likeness (QED) is 0.718. The van der Waals surface area contributed by atoms with Gasteiger partial charge in [0.15, 0.2) is 0 Å². The van der Waals surface area contributed by atoms with Crippen molar-refractivity contribution in [1.82, 2.24) is 10.2 Å². The van der Waals surface area contributed by atoms with Crippen molar-refractivity contribution in [3.05, 3.63) is 0 Å². The first-order valence-electron chi connectivity index (χ1n) is 6.78. The van der Waals surface area contributed by atoms with Crippen molar-refractivity contribution in [2.75, 3.05) is 19.6 Å². The summed E-state index contributed by atoms with van der Waals surface area (Å²) in [5.41, 5.74) is 0. The van der Waals surface area contributed by atoms with Crippen LogP contribution in [0.1, 0.15) is 51.9 Å². The number of amides is 2. The van der Waals surface area contributed by atoms with E-state index in [-0.39, 0.29) is 11.8 Å². The third kappa shape index (κ3) is 5.71. The highest BCUT2D eigenvalue weighted by molar-refractivity contribution is 5.76. The Bertz CT molecular complexity index is 254. The van der Waals surface area contributed by atoms with Gasteiger partial charge in [-0.1, -0.05) is 13.3 Å². The van der Waals surface area contributed by atoms with Gasteiger partial charge in [-0.3, -0.25) is 9.59 Å². The normalized spacial score (nSPS) is 16.8. The van der Waals surface area contributed by atoms with Crippen molar-refractivity contribution in [2.24, 2.45) is 0 Å². The Balaban J connectivity index is 2.12. The summed E-state index contributed by atoms with van der Waals surface area (Å²) in [7, 11) is 0. The zero-order valence-electron chi connectivity index (χ0n) is 10.8. The number of carbonyl (C=O) groups excluding carboxylic acids is 2. The van der Waals surface area contributed by atoms with Crippen molar-refractivity contribution < 1.29 is 9.59 Å². The number of nitrogens with zero attached hydrogens (tertiary/aromatic N) is 1. The minimum absolute atomic E-state index is 0.120. The van der Waals surface area contributed by atoms with Crippen LogP contribution in [0.4, 0.5) is 0 Å². The first kappa shape index (κ1) is 14.0. The SMILES string of the molecule is CCCC(=O)NCCCN1CCCCCC1=O. The molecular formula is C13H24N2O2. The van der Waals surface area contributed by atoms with E-state index in [2.05, 4.69) is 5.32 Å². The average molecular weight is 240 g/mol. The van der Waals surface area contributed by atoms with Gasteiger partial charge < -0.3 is 10.2 Å². The van der Waals surface area contributed by atoms with E-state index >= 15 is 0 Å². The van der Waals surface area contributed by atoms with E-state index in [0.29, 0.717) is 19.4 Å². The van der Waals surface area contributed by atoms with E-state index in [4.69, 9.17) is 0 Å². The van der Waals surface area contributed by atoms with Crippen LogP contribution in [-0.2, 0) is 9.59 Å². The second-order valence-electron chi connectivity index (χ2n) is 4.64. The van der Waals surface area contributed by atoms with Crippen LogP contribution in [0.25, 0.3) is 0 Å². The van der Waals surface area contributed by atoms with Crippen LogP contribution >= 0.6 is 0 Å². The fourth-order valence-electron chi connectivity index (χ4n) is 2.09. The van der Waals surface area contributed by atoms with Gasteiger partial charge in [0.1, 0.15) is 0 Å². The van der Waals surface area contributed by atoms with Crippen molar-refractivity contribution in [3.63, 3.8) is 0 Å². The lowest BCUT2D eigenvalue weighted by atomic mass is 10.2. The molecule has 1 fully saturated rings. The lowest BCUT2D eigenvalue weighted by Crippen LogP contribution is -2.33. The van der Waals surface area contributed by atoms with E-state index in [9.17, 15) is 9.59 Å². The summed E-state index contributed by atoms with van der Waals surface area (Å²) in [4.78, 5) is 24.8. The molecule has 0 radical (unpaired) electrons. The first-order chi connectivity index (χ1) is 8.24. The number of nitrogens with one attached hydrogen (secondary N) is 1. The second-order valence-corrected chi connectivity index (χ2v) is 4.64. The van der Waals surface area contributed by atoms with Gasteiger partial charge in [-0.25, -0.2) is 0 Å². The van der Waals surface area contributed by atoms with Crippen LogP contribution < -0.4 is 5.32 Å². The first-order valence-corrected chi connectivity index (χ1v) is 6.78. The molecule has 0 unspecified atom stereocenters. The molecular weight excluding hydrogens is 216 g/mol. The molecule has 0 saturated carbocycles. The van der Waals surface area contributed by atoms with Crippen molar-refractivity contribution >= 4 is 11.8 Å². The molecule has 1 rings (SSSR count). The maximum Gasteiger partial charge on any atom is 0.222 e. The Hall–Kier alpha value is -1.06. The minimum Gasteiger partial charge on any atom is -0.356 e. The Morgan fingerprint density at radius 2 is 2.18 bits per heavy atom. The third-order valence-corrected chi connectivity index (χ3v) is 3.08. The second kappa shape index (κ2) is 8.09. The summed E-state index contributed by atoms with van der Waals surface area (Å²) < 4.78 is 0. The molecule has 1 heterocycles. The fraction of sp³-hybridized carbons (Fsp3) is 0.846. The topological polar surface area (TPSA) is 49.4 Å². The van der Waals surface area contributed by atoms with Crippen LogP contribution in [-0.4, -0.2) is 36.3 Å². The van der Waals surface area contributed by atoms with Gasteiger partial charge in [0.2, 0.25) is 11.8 Å². The van der Waals surface area contributed by atoms with Crippen LogP contribution in [0.3, 0.4) is 0 Å². The Kier molecular flexibility index (Phi) is 6.67. The smallest absolute Gasteiger partial charge is 0.222 e. The van der Waals surface area contributed by atoms with Gasteiger partial charge in [-0.15, -0.1) is 0 Å². The summed E-state index contributed by atoms with van der Waals surface area (Å²) in [6, 6.07) is 0. The Morgan fingerprint density at radius 1 is 1.35 bits per heavy atom. The predicted molar refractivity (Wildman–Crippen MR) is 67.6 cm³/mol. The van der Waals surface area contributed by atoms with Gasteiger partial charge in [-0.05, 0) is 25.7 Å². The molecule has 4 nitrogen and oxygen atoms in total. The molecule has 1 N–H and O–H groups in total. The van der Waals surface area contributed by atoms with E-state index < -0.39 is 0 Å². The molecule has 0 spiro atoms. The molecule has 0 aromatic heterocycles. The van der Waals surface area contributed by atoms with Crippen LogP contribution in [0.2, 0.25) is 0 Å². The summed E-state index contributed by atoms with van der Waals surface area (Å²) in [6.45, 7) is 4.35. The highest BCUT2D eigenvalue weighted by Crippen LogP contribution is 2.11. The molecule has 4 heteroatoms. The fourth-order valence-corrected chi connectivity index (χ4v) is 2.09. The van der Waals surface area contributed by atoms with Gasteiger partial charge in [0.25, 0.3) is 0 Å². The average Bonchev–Trinajstić information content (AvgIpc) is 2.50. The van der Waals surface area contributed by atoms with Gasteiger partial charge >= 0.3 is 0 Å². The number of carbonyl (C=O) groups is 2. The third-order valence-electron chi connectivity index (χ3n) is 3.08. The maximum absolute atomic E-state index is 11.7. The van der Waals surface area contributed by atoms with Crippen molar-refractivity contribution in [3.8, 4) is 0 Å². The number of hydrogen-bond donors (Lipinski definition) is 1. The van der Waals surface area contributed by atoms with E-state index in [1.807, 2.05) is 11.8 Å². The van der Waals surface area contributed by atoms with Crippen molar-refractivity contribution in [1.29, 1.82) is 0 Å². The zero-order valence-corrected chi connectivity index (χ0v) is 10.8. The summed E-state index contributed by atoms with van der Waals surface area (Å²) >= 11 is 0. The van der Waals surface area contributed by atoms with E-state index in [1.165, 1.54) is 0 Å². The molecule has 0 atom stereocenters. The number of likely N-dealkylation sites (tertiary alicyclic amines) is 1. The molecule has 0 aromatic carbocycles. The molecule has 0 bridgehead atoms. The molecule has 2 amide bonds. The van der Waals surface area contributed by atoms with E-state index in [1.54, 1.807) is 0 Å². The van der Waals surface area contributed by atoms with Gasteiger partial charge in [-0.2, -0.15) is 0 Å². The summed E-state index contributed by atoms with van der Waals surface area (Å²) in [5.74, 6) is 0.400. The lowest BCUT2D eigenvalue weighted by Gasteiger charge is -2.20. The molecule has 1 aliphatic rings. The molecule has 0 aliphatic carbocycles. The molecule has 17 heavy (non-hydrogen) atoms. The Morgan fingerprint density at radius 3 is 2.94 bits per heavy atom. The Labute approximate surface area is 104 Å². The van der Waals surface area contributed by atoms with Crippen molar-refractivity contribution in [2.45, 2.75) is 51.9 Å². The number of hydrogen-bond acceptors (Lipinski definition) is 2. The van der Waals surface area contributed by atoms with Crippen LogP contribution in [0.5, 0.6) is 0 Å². The van der Waals surface area contributed by atoms with Gasteiger partial charge in [0.05, 0.1) is 0 Å². The monoisotopic (exact) mass is 240 g/mol. The standard InChI is InChI=1S/C13H24N2O2/c1-2-7-12(16)14-9-6-11-15-10-5-3-4-8-13(15)17/h2-11H2,1H3,(H,14,16). The summed E-state index contributed by atoms with van der Waals surface area (Å²) in [6.07, 6.45) is 6.36. The van der Waals surface area contributed by atoms with Gasteiger partial charge in [0, 0.05) is 32.5 Å². The lowest BCUT2D eigenvalue weighted by molar-refractivity contribution is -0.130. The van der Waals surface area contributed by atoms with Crippen LogP contribution in [0.15, 0.2) is 0 Å². The predicted octanol–water partition coefficient (Wildman–Crippen LogP) is 1.70. The molecule has 1 aliphatic heterocycles. The highest BCUT2D eigenvalue weighted by atomic mass is 16.2. The highest BCUT2D eigenvalue weighted by Gasteiger charge is 2.15. The van der Waals surface area contributed by atoms with E-state index in [0.717, 1.165) is 45.2 Å². The minimum atomic E-state index is 0.120. The van der Waals surface area contributed by atoms with Crippen LogP contribution in [0, 0.1) is 0 Å². The molecule has 0 aromatic rings. The molecule has 98 valence electrons. The number of rotatable bonds is 6. The molecule has 1 saturated heterocycles. The summed E-state index contributed by atoms with van der Waals surface area (Å²) in [5, 5.41) is 2.88. The maximum atomic E-state index is 11.7. The largest absolute Gasteiger partial charge is 0.356 e. The zero-order chi connectivity index (χ0) is 12.5.